The Morgan fingerprint density at radius 1 is 1.12 bits per heavy atom. The van der Waals surface area contributed by atoms with Crippen LogP contribution in [-0.4, -0.2) is 16.8 Å². The molecule has 2 atom stereocenters. The summed E-state index contributed by atoms with van der Waals surface area (Å²) < 4.78 is 0. The number of hydrogen-bond donors (Lipinski definition) is 2. The Kier molecular flexibility index (Phi) is 4.52. The average Bonchev–Trinajstić information content (AvgIpc) is 3.42. The molecule has 1 aliphatic carbocycles. The number of hydrogen-bond acceptors (Lipinski definition) is 4. The van der Waals surface area contributed by atoms with E-state index in [1.165, 1.54) is 0 Å². The minimum atomic E-state index is -0.347. The summed E-state index contributed by atoms with van der Waals surface area (Å²) in [5.74, 6) is -1.03. The molecule has 3 rings (SSSR count). The molecule has 1 heterocycles. The summed E-state index contributed by atoms with van der Waals surface area (Å²) in [7, 11) is 0. The fourth-order valence-electron chi connectivity index (χ4n) is 2.50. The molecule has 2 aromatic rings. The highest BCUT2D eigenvalue weighted by Crippen LogP contribution is 2.39. The number of aromatic nitrogens is 1. The van der Waals surface area contributed by atoms with Crippen LogP contribution in [0.2, 0.25) is 0 Å². The van der Waals surface area contributed by atoms with Gasteiger partial charge in [-0.2, -0.15) is 5.26 Å². The molecule has 120 valence electrons. The maximum absolute atomic E-state index is 12.2. The standard InChI is InChI=1S/C18H16N4O2/c19-10-12-5-1-2-7-16(12)22-18(24)15-9-14(15)17(23)21-11-13-6-3-4-8-20-13/h1-8,14-15H,9,11H2,(H,21,23)(H,22,24). The first-order valence-electron chi connectivity index (χ1n) is 7.66. The van der Waals surface area contributed by atoms with E-state index in [4.69, 9.17) is 5.26 Å². The molecule has 0 radical (unpaired) electrons. The molecule has 1 saturated carbocycles. The largest absolute Gasteiger partial charge is 0.350 e. The van der Waals surface area contributed by atoms with Crippen LogP contribution in [0.25, 0.3) is 0 Å². The molecule has 2 unspecified atom stereocenters. The van der Waals surface area contributed by atoms with Gasteiger partial charge in [-0.05, 0) is 30.7 Å². The van der Waals surface area contributed by atoms with Crippen molar-refractivity contribution in [3.63, 3.8) is 0 Å². The lowest BCUT2D eigenvalue weighted by Crippen LogP contribution is -2.27. The summed E-state index contributed by atoms with van der Waals surface area (Å²) >= 11 is 0. The zero-order valence-electron chi connectivity index (χ0n) is 12.9. The van der Waals surface area contributed by atoms with Crippen molar-refractivity contribution in [3.8, 4) is 6.07 Å². The maximum Gasteiger partial charge on any atom is 0.228 e. The molecular formula is C18H16N4O2. The first-order chi connectivity index (χ1) is 11.7. The van der Waals surface area contributed by atoms with Crippen molar-refractivity contribution < 1.29 is 9.59 Å². The number of rotatable bonds is 5. The van der Waals surface area contributed by atoms with Gasteiger partial charge < -0.3 is 10.6 Å². The quantitative estimate of drug-likeness (QED) is 0.879. The van der Waals surface area contributed by atoms with E-state index in [0.29, 0.717) is 24.2 Å². The summed E-state index contributed by atoms with van der Waals surface area (Å²) in [6.45, 7) is 0.349. The predicted molar refractivity (Wildman–Crippen MR) is 87.5 cm³/mol. The van der Waals surface area contributed by atoms with Crippen molar-refractivity contribution in [1.82, 2.24) is 10.3 Å². The van der Waals surface area contributed by atoms with Crippen LogP contribution in [0.15, 0.2) is 48.7 Å². The molecule has 1 aliphatic rings. The monoisotopic (exact) mass is 320 g/mol. The van der Waals surface area contributed by atoms with Gasteiger partial charge in [0.2, 0.25) is 11.8 Å². The third-order valence-electron chi connectivity index (χ3n) is 3.94. The van der Waals surface area contributed by atoms with Crippen molar-refractivity contribution in [3.05, 3.63) is 59.9 Å². The van der Waals surface area contributed by atoms with Crippen molar-refractivity contribution in [2.45, 2.75) is 13.0 Å². The van der Waals surface area contributed by atoms with Crippen LogP contribution >= 0.6 is 0 Å². The Bertz CT molecular complexity index is 798. The van der Waals surface area contributed by atoms with Crippen molar-refractivity contribution in [2.75, 3.05) is 5.32 Å². The van der Waals surface area contributed by atoms with Gasteiger partial charge in [-0.15, -0.1) is 0 Å². The number of carbonyl (C=O) groups is 2. The summed E-state index contributed by atoms with van der Waals surface area (Å²) in [6, 6.07) is 14.3. The van der Waals surface area contributed by atoms with E-state index < -0.39 is 0 Å². The number of anilines is 1. The molecule has 24 heavy (non-hydrogen) atoms. The lowest BCUT2D eigenvalue weighted by Gasteiger charge is -2.07. The summed E-state index contributed by atoms with van der Waals surface area (Å²) in [5.41, 5.74) is 1.66. The summed E-state index contributed by atoms with van der Waals surface area (Å²) in [6.07, 6.45) is 2.19. The minimum absolute atomic E-state index is 0.144. The topological polar surface area (TPSA) is 94.9 Å². The molecule has 0 spiro atoms. The second-order valence-corrected chi connectivity index (χ2v) is 5.63. The molecule has 2 amide bonds. The number of nitriles is 1. The van der Waals surface area contributed by atoms with Crippen LogP contribution in [0.4, 0.5) is 5.69 Å². The van der Waals surface area contributed by atoms with Crippen molar-refractivity contribution in [1.29, 1.82) is 5.26 Å². The Labute approximate surface area is 139 Å². The Hall–Kier alpha value is -3.20. The molecule has 6 heteroatoms. The first-order valence-corrected chi connectivity index (χ1v) is 7.66. The third kappa shape index (κ3) is 3.58. The second kappa shape index (κ2) is 6.92. The van der Waals surface area contributed by atoms with E-state index in [1.807, 2.05) is 24.3 Å². The van der Waals surface area contributed by atoms with Gasteiger partial charge in [0.1, 0.15) is 6.07 Å². The fraction of sp³-hybridized carbons (Fsp3) is 0.222. The van der Waals surface area contributed by atoms with E-state index in [0.717, 1.165) is 5.69 Å². The molecule has 6 nitrogen and oxygen atoms in total. The number of carbonyl (C=O) groups excluding carboxylic acids is 2. The number of nitrogens with one attached hydrogen (secondary N) is 2. The number of pyridine rings is 1. The van der Waals surface area contributed by atoms with Gasteiger partial charge in [-0.3, -0.25) is 14.6 Å². The number of benzene rings is 1. The van der Waals surface area contributed by atoms with Gasteiger partial charge >= 0.3 is 0 Å². The van der Waals surface area contributed by atoms with E-state index in [2.05, 4.69) is 15.6 Å². The van der Waals surface area contributed by atoms with Gasteiger partial charge in [0.05, 0.1) is 35.3 Å². The fourth-order valence-corrected chi connectivity index (χ4v) is 2.50. The van der Waals surface area contributed by atoms with E-state index in [-0.39, 0.29) is 23.7 Å². The molecule has 1 aromatic heterocycles. The van der Waals surface area contributed by atoms with Crippen LogP contribution in [0, 0.1) is 23.2 Å². The second-order valence-electron chi connectivity index (χ2n) is 5.63. The average molecular weight is 320 g/mol. The lowest BCUT2D eigenvalue weighted by atomic mass is 10.2. The predicted octanol–water partition coefficient (Wildman–Crippen LogP) is 1.84. The molecule has 1 fully saturated rings. The van der Waals surface area contributed by atoms with Crippen LogP contribution in [-0.2, 0) is 16.1 Å². The Morgan fingerprint density at radius 2 is 1.88 bits per heavy atom. The summed E-state index contributed by atoms with van der Waals surface area (Å²) in [5, 5.41) is 14.6. The van der Waals surface area contributed by atoms with Crippen LogP contribution in [0.1, 0.15) is 17.7 Å². The minimum Gasteiger partial charge on any atom is -0.350 e. The maximum atomic E-state index is 12.2. The van der Waals surface area contributed by atoms with Gasteiger partial charge in [-0.1, -0.05) is 18.2 Å². The van der Waals surface area contributed by atoms with Crippen LogP contribution < -0.4 is 10.6 Å². The number of amides is 2. The van der Waals surface area contributed by atoms with Gasteiger partial charge in [-0.25, -0.2) is 0 Å². The highest BCUT2D eigenvalue weighted by Gasteiger charge is 2.48. The van der Waals surface area contributed by atoms with Gasteiger partial charge in [0.15, 0.2) is 0 Å². The number of para-hydroxylation sites is 1. The number of nitrogens with zero attached hydrogens (tertiary/aromatic N) is 2. The zero-order valence-corrected chi connectivity index (χ0v) is 12.9. The Morgan fingerprint density at radius 3 is 2.62 bits per heavy atom. The van der Waals surface area contributed by atoms with E-state index >= 15 is 0 Å². The molecule has 1 aromatic carbocycles. The molecular weight excluding hydrogens is 304 g/mol. The van der Waals surface area contributed by atoms with E-state index in [9.17, 15) is 9.59 Å². The van der Waals surface area contributed by atoms with Gasteiger partial charge in [0, 0.05) is 6.20 Å². The van der Waals surface area contributed by atoms with E-state index in [1.54, 1.807) is 30.5 Å². The molecule has 0 aliphatic heterocycles. The normalized spacial score (nSPS) is 18.3. The zero-order chi connectivity index (χ0) is 16.9. The summed E-state index contributed by atoms with van der Waals surface area (Å²) in [4.78, 5) is 28.5. The first kappa shape index (κ1) is 15.7. The lowest BCUT2D eigenvalue weighted by molar-refractivity contribution is -0.125. The van der Waals surface area contributed by atoms with Crippen LogP contribution in [0.5, 0.6) is 0 Å². The Balaban J connectivity index is 1.52. The SMILES string of the molecule is N#Cc1ccccc1NC(=O)C1CC1C(=O)NCc1ccccn1. The highest BCUT2D eigenvalue weighted by atomic mass is 16.2. The molecule has 0 saturated heterocycles. The smallest absolute Gasteiger partial charge is 0.228 e. The molecule has 0 bridgehead atoms. The third-order valence-corrected chi connectivity index (χ3v) is 3.94. The van der Waals surface area contributed by atoms with Gasteiger partial charge in [0.25, 0.3) is 0 Å². The highest BCUT2D eigenvalue weighted by molar-refractivity contribution is 6.00. The van der Waals surface area contributed by atoms with Crippen molar-refractivity contribution in [2.24, 2.45) is 11.8 Å². The molecule has 2 N–H and O–H groups in total. The van der Waals surface area contributed by atoms with Crippen LogP contribution in [0.3, 0.4) is 0 Å². The van der Waals surface area contributed by atoms with Crippen molar-refractivity contribution >= 4 is 17.5 Å².